The molecule has 96 valence electrons. The van der Waals surface area contributed by atoms with E-state index >= 15 is 0 Å². The molecule has 19 heavy (non-hydrogen) atoms. The monoisotopic (exact) mass is 317 g/mol. The number of fused-ring (bicyclic) bond motifs is 1. The van der Waals surface area contributed by atoms with Crippen LogP contribution in [0.2, 0.25) is 0 Å². The van der Waals surface area contributed by atoms with E-state index in [9.17, 15) is 4.79 Å². The summed E-state index contributed by atoms with van der Waals surface area (Å²) >= 11 is 3.63. The van der Waals surface area contributed by atoms with Crippen LogP contribution in [0.4, 0.5) is 0 Å². The van der Waals surface area contributed by atoms with Crippen molar-refractivity contribution in [3.63, 3.8) is 0 Å². The average Bonchev–Trinajstić information content (AvgIpc) is 2.74. The predicted molar refractivity (Wildman–Crippen MR) is 78.5 cm³/mol. The van der Waals surface area contributed by atoms with E-state index in [0.29, 0.717) is 17.7 Å². The molecule has 1 heterocycles. The Kier molecular flexibility index (Phi) is 3.03. The van der Waals surface area contributed by atoms with Crippen LogP contribution >= 0.6 is 15.9 Å². The van der Waals surface area contributed by atoms with E-state index in [1.54, 1.807) is 6.92 Å². The van der Waals surface area contributed by atoms with Gasteiger partial charge >= 0.3 is 0 Å². The molecule has 4 heteroatoms. The maximum absolute atomic E-state index is 11.7. The SMILES string of the molecule is Cc1o[nH]c(=O)c1Cc1ccc2ccccc2c1Br. The summed E-state index contributed by atoms with van der Waals surface area (Å²) in [7, 11) is 0. The molecule has 3 nitrogen and oxygen atoms in total. The molecule has 0 atom stereocenters. The fourth-order valence-corrected chi connectivity index (χ4v) is 2.85. The molecule has 0 aliphatic carbocycles. The molecular formula is C15H12BrNO2. The Balaban J connectivity index is 2.12. The minimum atomic E-state index is -0.155. The first-order valence-electron chi connectivity index (χ1n) is 6.00. The van der Waals surface area contributed by atoms with Gasteiger partial charge in [-0.1, -0.05) is 36.4 Å². The zero-order chi connectivity index (χ0) is 13.4. The smallest absolute Gasteiger partial charge is 0.283 e. The number of aryl methyl sites for hydroxylation is 1. The summed E-state index contributed by atoms with van der Waals surface area (Å²) in [5.41, 5.74) is 1.60. The molecule has 0 radical (unpaired) electrons. The van der Waals surface area contributed by atoms with E-state index in [0.717, 1.165) is 15.4 Å². The standard InChI is InChI=1S/C15H12BrNO2/c1-9-13(15(18)17-19-9)8-11-7-6-10-4-2-3-5-12(10)14(11)16/h2-7H,8H2,1H3,(H,17,18). The van der Waals surface area contributed by atoms with Crippen LogP contribution in [0.15, 0.2) is 50.2 Å². The Morgan fingerprint density at radius 1 is 1.21 bits per heavy atom. The van der Waals surface area contributed by atoms with E-state index < -0.39 is 0 Å². The second kappa shape index (κ2) is 4.70. The van der Waals surface area contributed by atoms with Gasteiger partial charge < -0.3 is 4.52 Å². The number of halogens is 1. The Labute approximate surface area is 118 Å². The van der Waals surface area contributed by atoms with Gasteiger partial charge in [0.15, 0.2) is 0 Å². The quantitative estimate of drug-likeness (QED) is 0.781. The van der Waals surface area contributed by atoms with Crippen LogP contribution in [0.1, 0.15) is 16.9 Å². The number of aromatic amines is 1. The van der Waals surface area contributed by atoms with Crippen LogP contribution in [0.5, 0.6) is 0 Å². The molecule has 0 bridgehead atoms. The molecule has 1 N–H and O–H groups in total. The number of hydrogen-bond acceptors (Lipinski definition) is 2. The van der Waals surface area contributed by atoms with Crippen molar-refractivity contribution in [3.05, 3.63) is 68.1 Å². The van der Waals surface area contributed by atoms with Crippen molar-refractivity contribution < 1.29 is 4.52 Å². The van der Waals surface area contributed by atoms with Crippen molar-refractivity contribution in [2.45, 2.75) is 13.3 Å². The van der Waals surface area contributed by atoms with Gasteiger partial charge in [0.2, 0.25) is 0 Å². The van der Waals surface area contributed by atoms with Crippen molar-refractivity contribution >= 4 is 26.7 Å². The average molecular weight is 318 g/mol. The maximum Gasteiger partial charge on any atom is 0.283 e. The third kappa shape index (κ3) is 2.12. The summed E-state index contributed by atoms with van der Waals surface area (Å²) < 4.78 is 6.08. The van der Waals surface area contributed by atoms with Crippen molar-refractivity contribution in [1.29, 1.82) is 0 Å². The first-order valence-corrected chi connectivity index (χ1v) is 6.79. The zero-order valence-electron chi connectivity index (χ0n) is 10.4. The highest BCUT2D eigenvalue weighted by atomic mass is 79.9. The number of aromatic nitrogens is 1. The van der Waals surface area contributed by atoms with Crippen LogP contribution in [0.3, 0.4) is 0 Å². The van der Waals surface area contributed by atoms with E-state index in [4.69, 9.17) is 4.52 Å². The van der Waals surface area contributed by atoms with Crippen molar-refractivity contribution in [2.75, 3.05) is 0 Å². The van der Waals surface area contributed by atoms with Crippen LogP contribution in [0.25, 0.3) is 10.8 Å². The first kappa shape index (κ1) is 12.2. The second-order valence-electron chi connectivity index (χ2n) is 4.50. The number of H-pyrrole nitrogens is 1. The van der Waals surface area contributed by atoms with Crippen molar-refractivity contribution in [1.82, 2.24) is 5.16 Å². The molecule has 0 aliphatic rings. The minimum absolute atomic E-state index is 0.155. The summed E-state index contributed by atoms with van der Waals surface area (Å²) in [6.45, 7) is 1.79. The maximum atomic E-state index is 11.7. The van der Waals surface area contributed by atoms with Gasteiger partial charge in [-0.05, 0) is 39.2 Å². The molecule has 0 amide bonds. The molecule has 1 aromatic heterocycles. The molecular weight excluding hydrogens is 306 g/mol. The van der Waals surface area contributed by atoms with Gasteiger partial charge in [-0.25, -0.2) is 0 Å². The largest absolute Gasteiger partial charge is 0.384 e. The lowest BCUT2D eigenvalue weighted by atomic mass is 10.0. The fraction of sp³-hybridized carbons (Fsp3) is 0.133. The number of hydrogen-bond donors (Lipinski definition) is 1. The van der Waals surface area contributed by atoms with Crippen LogP contribution in [-0.2, 0) is 6.42 Å². The number of nitrogens with one attached hydrogen (secondary N) is 1. The second-order valence-corrected chi connectivity index (χ2v) is 5.30. The van der Waals surface area contributed by atoms with Gasteiger partial charge in [-0.3, -0.25) is 4.79 Å². The minimum Gasteiger partial charge on any atom is -0.384 e. The Bertz CT molecular complexity index is 801. The summed E-state index contributed by atoms with van der Waals surface area (Å²) in [6.07, 6.45) is 0.559. The number of benzene rings is 2. The molecule has 0 fully saturated rings. The normalized spacial score (nSPS) is 11.1. The highest BCUT2D eigenvalue weighted by molar-refractivity contribution is 9.10. The highest BCUT2D eigenvalue weighted by Gasteiger charge is 2.12. The molecule has 0 unspecified atom stereocenters. The topological polar surface area (TPSA) is 46.0 Å². The van der Waals surface area contributed by atoms with Gasteiger partial charge in [0, 0.05) is 10.9 Å². The summed E-state index contributed by atoms with van der Waals surface area (Å²) in [5, 5.41) is 4.70. The van der Waals surface area contributed by atoms with Gasteiger partial charge in [0.1, 0.15) is 5.76 Å². The van der Waals surface area contributed by atoms with Crippen LogP contribution < -0.4 is 5.56 Å². The highest BCUT2D eigenvalue weighted by Crippen LogP contribution is 2.29. The van der Waals surface area contributed by atoms with Gasteiger partial charge in [-0.2, -0.15) is 5.16 Å². The molecule has 0 saturated heterocycles. The molecule has 3 aromatic rings. The lowest BCUT2D eigenvalue weighted by Gasteiger charge is -2.07. The number of rotatable bonds is 2. The third-order valence-corrected chi connectivity index (χ3v) is 4.24. The van der Waals surface area contributed by atoms with E-state index in [-0.39, 0.29) is 5.56 Å². The Morgan fingerprint density at radius 2 is 2.00 bits per heavy atom. The van der Waals surface area contributed by atoms with E-state index in [2.05, 4.69) is 39.3 Å². The molecule has 3 rings (SSSR count). The summed E-state index contributed by atoms with van der Waals surface area (Å²) in [4.78, 5) is 11.7. The molecule has 0 aliphatic heterocycles. The van der Waals surface area contributed by atoms with Gasteiger partial charge in [0.05, 0.1) is 5.56 Å². The van der Waals surface area contributed by atoms with Gasteiger partial charge in [-0.15, -0.1) is 0 Å². The van der Waals surface area contributed by atoms with Crippen molar-refractivity contribution in [3.8, 4) is 0 Å². The fourth-order valence-electron chi connectivity index (χ4n) is 2.22. The van der Waals surface area contributed by atoms with E-state index in [1.807, 2.05) is 18.2 Å². The van der Waals surface area contributed by atoms with Crippen molar-refractivity contribution in [2.24, 2.45) is 0 Å². The summed E-state index contributed by atoms with van der Waals surface area (Å²) in [5.74, 6) is 0.644. The molecule has 2 aromatic carbocycles. The third-order valence-electron chi connectivity index (χ3n) is 3.31. The lowest BCUT2D eigenvalue weighted by Crippen LogP contribution is -2.07. The Hall–Kier alpha value is -1.81. The van der Waals surface area contributed by atoms with Crippen LogP contribution in [-0.4, -0.2) is 5.16 Å². The first-order chi connectivity index (χ1) is 9.16. The van der Waals surface area contributed by atoms with Gasteiger partial charge in [0.25, 0.3) is 5.56 Å². The molecule has 0 saturated carbocycles. The van der Waals surface area contributed by atoms with Crippen LogP contribution in [0, 0.1) is 6.92 Å². The zero-order valence-corrected chi connectivity index (χ0v) is 12.0. The molecule has 0 spiro atoms. The van der Waals surface area contributed by atoms with E-state index in [1.165, 1.54) is 5.39 Å². The lowest BCUT2D eigenvalue weighted by molar-refractivity contribution is 0.391. The Morgan fingerprint density at radius 3 is 2.74 bits per heavy atom. The predicted octanol–water partition coefficient (Wildman–Crippen LogP) is 3.78. The summed E-state index contributed by atoms with van der Waals surface area (Å²) in [6, 6.07) is 12.3.